The Hall–Kier alpha value is -1.82. The van der Waals surface area contributed by atoms with Crippen molar-refractivity contribution < 1.29 is 4.79 Å². The molecule has 0 radical (unpaired) electrons. The summed E-state index contributed by atoms with van der Waals surface area (Å²) >= 11 is 3.47. The lowest BCUT2D eigenvalue weighted by Gasteiger charge is -2.09. The number of nitrogens with zero attached hydrogens (tertiary/aromatic N) is 2. The van der Waals surface area contributed by atoms with Gasteiger partial charge in [-0.15, -0.1) is 0 Å². The van der Waals surface area contributed by atoms with Gasteiger partial charge in [-0.2, -0.15) is 5.10 Å². The van der Waals surface area contributed by atoms with Crippen LogP contribution in [0.3, 0.4) is 0 Å². The second-order valence-corrected chi connectivity index (χ2v) is 5.37. The number of benzene rings is 1. The van der Waals surface area contributed by atoms with Gasteiger partial charge in [0.25, 0.3) is 5.91 Å². The Labute approximate surface area is 126 Å². The topological polar surface area (TPSA) is 72.9 Å². The van der Waals surface area contributed by atoms with Crippen LogP contribution in [0.2, 0.25) is 0 Å². The van der Waals surface area contributed by atoms with E-state index in [1.54, 1.807) is 7.05 Å². The zero-order valence-electron chi connectivity index (χ0n) is 11.7. The molecule has 0 bridgehead atoms. The van der Waals surface area contributed by atoms with Gasteiger partial charge in [-0.05, 0) is 40.9 Å². The van der Waals surface area contributed by atoms with E-state index < -0.39 is 0 Å². The largest absolute Gasteiger partial charge is 0.395 e. The first-order valence-electron chi connectivity index (χ1n) is 6.33. The van der Waals surface area contributed by atoms with E-state index >= 15 is 0 Å². The van der Waals surface area contributed by atoms with Gasteiger partial charge in [0.1, 0.15) is 5.69 Å². The van der Waals surface area contributed by atoms with Crippen molar-refractivity contribution >= 4 is 33.2 Å². The molecule has 1 heterocycles. The van der Waals surface area contributed by atoms with Gasteiger partial charge in [0.15, 0.2) is 0 Å². The zero-order valence-corrected chi connectivity index (χ0v) is 13.3. The number of amides is 1. The van der Waals surface area contributed by atoms with Gasteiger partial charge in [0.2, 0.25) is 0 Å². The smallest absolute Gasteiger partial charge is 0.276 e. The fourth-order valence-corrected chi connectivity index (χ4v) is 2.42. The van der Waals surface area contributed by atoms with Gasteiger partial charge in [-0.1, -0.05) is 19.1 Å². The quantitative estimate of drug-likeness (QED) is 0.905. The zero-order chi connectivity index (χ0) is 14.9. The monoisotopic (exact) mass is 336 g/mol. The van der Waals surface area contributed by atoms with E-state index in [1.807, 2.05) is 32.0 Å². The molecular formula is C14H17BrN4O. The van der Waals surface area contributed by atoms with Crippen LogP contribution in [0.4, 0.5) is 11.4 Å². The SMILES string of the molecule is CCc1nn(C)c(C(=O)Nc2cccc(C)c2Br)c1N. The van der Waals surface area contributed by atoms with Crippen molar-refractivity contribution in [2.24, 2.45) is 7.05 Å². The van der Waals surface area contributed by atoms with Crippen molar-refractivity contribution in [3.05, 3.63) is 39.6 Å². The molecule has 2 aromatic rings. The van der Waals surface area contributed by atoms with E-state index in [9.17, 15) is 4.79 Å². The Kier molecular flexibility index (Phi) is 4.13. The van der Waals surface area contributed by atoms with Crippen molar-refractivity contribution in [2.45, 2.75) is 20.3 Å². The Morgan fingerprint density at radius 2 is 2.20 bits per heavy atom. The number of nitrogen functional groups attached to an aromatic ring is 1. The van der Waals surface area contributed by atoms with Crippen LogP contribution in [-0.2, 0) is 13.5 Å². The molecular weight excluding hydrogens is 320 g/mol. The van der Waals surface area contributed by atoms with Crippen LogP contribution < -0.4 is 11.1 Å². The van der Waals surface area contributed by atoms with Gasteiger partial charge >= 0.3 is 0 Å². The lowest BCUT2D eigenvalue weighted by atomic mass is 10.2. The molecule has 0 atom stereocenters. The predicted octanol–water partition coefficient (Wildman–Crippen LogP) is 2.89. The molecule has 0 fully saturated rings. The number of anilines is 2. The molecule has 5 nitrogen and oxygen atoms in total. The molecule has 0 spiro atoms. The number of aryl methyl sites for hydroxylation is 3. The fourth-order valence-electron chi connectivity index (χ4n) is 2.05. The maximum atomic E-state index is 12.4. The number of nitrogens with two attached hydrogens (primary N) is 1. The van der Waals surface area contributed by atoms with Crippen molar-refractivity contribution in [3.8, 4) is 0 Å². The van der Waals surface area contributed by atoms with Crippen LogP contribution in [0.1, 0.15) is 28.7 Å². The minimum absolute atomic E-state index is 0.261. The molecule has 0 aliphatic rings. The van der Waals surface area contributed by atoms with Gasteiger partial charge in [-0.3, -0.25) is 9.48 Å². The molecule has 1 amide bonds. The summed E-state index contributed by atoms with van der Waals surface area (Å²) in [6, 6.07) is 5.69. The highest BCUT2D eigenvalue weighted by Crippen LogP contribution is 2.27. The van der Waals surface area contributed by atoms with Gasteiger partial charge in [0.05, 0.1) is 17.1 Å². The highest BCUT2D eigenvalue weighted by molar-refractivity contribution is 9.10. The average molecular weight is 337 g/mol. The number of aromatic nitrogens is 2. The Morgan fingerprint density at radius 3 is 2.80 bits per heavy atom. The Morgan fingerprint density at radius 1 is 1.50 bits per heavy atom. The Balaban J connectivity index is 2.33. The first kappa shape index (κ1) is 14.6. The van der Waals surface area contributed by atoms with Gasteiger partial charge in [-0.25, -0.2) is 0 Å². The summed E-state index contributed by atoms with van der Waals surface area (Å²) in [5, 5.41) is 7.11. The molecule has 0 aliphatic carbocycles. The lowest BCUT2D eigenvalue weighted by Crippen LogP contribution is -2.18. The van der Waals surface area contributed by atoms with Crippen molar-refractivity contribution in [3.63, 3.8) is 0 Å². The predicted molar refractivity (Wildman–Crippen MR) is 83.8 cm³/mol. The first-order chi connectivity index (χ1) is 9.45. The summed E-state index contributed by atoms with van der Waals surface area (Å²) in [7, 11) is 1.72. The number of hydrogen-bond acceptors (Lipinski definition) is 3. The van der Waals surface area contributed by atoms with E-state index in [1.165, 1.54) is 4.68 Å². The number of carbonyl (C=O) groups excluding carboxylic acids is 1. The molecule has 1 aromatic heterocycles. The molecule has 106 valence electrons. The second-order valence-electron chi connectivity index (χ2n) is 4.58. The summed E-state index contributed by atoms with van der Waals surface area (Å²) in [6.07, 6.45) is 0.696. The third kappa shape index (κ3) is 2.56. The summed E-state index contributed by atoms with van der Waals surface area (Å²) in [4.78, 5) is 12.4. The number of nitrogens with one attached hydrogen (secondary N) is 1. The molecule has 0 saturated heterocycles. The molecule has 20 heavy (non-hydrogen) atoms. The summed E-state index contributed by atoms with van der Waals surface area (Å²) < 4.78 is 2.39. The summed E-state index contributed by atoms with van der Waals surface area (Å²) in [5.74, 6) is -0.261. The summed E-state index contributed by atoms with van der Waals surface area (Å²) in [5.41, 5.74) is 9.31. The van der Waals surface area contributed by atoms with E-state index in [0.717, 1.165) is 15.7 Å². The number of hydrogen-bond donors (Lipinski definition) is 2. The molecule has 6 heteroatoms. The molecule has 3 N–H and O–H groups in total. The molecule has 1 aromatic carbocycles. The highest BCUT2D eigenvalue weighted by Gasteiger charge is 2.19. The van der Waals surface area contributed by atoms with E-state index in [0.29, 0.717) is 23.5 Å². The number of carbonyl (C=O) groups is 1. The van der Waals surface area contributed by atoms with E-state index in [-0.39, 0.29) is 5.91 Å². The normalized spacial score (nSPS) is 10.6. The van der Waals surface area contributed by atoms with Gasteiger partial charge < -0.3 is 11.1 Å². The summed E-state index contributed by atoms with van der Waals surface area (Å²) in [6.45, 7) is 3.92. The minimum atomic E-state index is -0.261. The number of rotatable bonds is 3. The molecule has 2 rings (SSSR count). The molecule has 0 unspecified atom stereocenters. The lowest BCUT2D eigenvalue weighted by molar-refractivity contribution is 0.101. The van der Waals surface area contributed by atoms with Crippen LogP contribution in [0, 0.1) is 6.92 Å². The minimum Gasteiger partial charge on any atom is -0.395 e. The third-order valence-corrected chi connectivity index (χ3v) is 4.20. The number of halogens is 1. The van der Waals surface area contributed by atoms with Crippen LogP contribution >= 0.6 is 15.9 Å². The first-order valence-corrected chi connectivity index (χ1v) is 7.12. The highest BCUT2D eigenvalue weighted by atomic mass is 79.9. The van der Waals surface area contributed by atoms with Crippen LogP contribution in [0.25, 0.3) is 0 Å². The molecule has 0 aliphatic heterocycles. The van der Waals surface area contributed by atoms with Crippen LogP contribution in [0.5, 0.6) is 0 Å². The maximum Gasteiger partial charge on any atom is 0.276 e. The van der Waals surface area contributed by atoms with Crippen molar-refractivity contribution in [1.82, 2.24) is 9.78 Å². The average Bonchev–Trinajstić information content (AvgIpc) is 2.69. The van der Waals surface area contributed by atoms with Crippen molar-refractivity contribution in [1.29, 1.82) is 0 Å². The maximum absolute atomic E-state index is 12.4. The van der Waals surface area contributed by atoms with E-state index in [4.69, 9.17) is 5.73 Å². The third-order valence-electron chi connectivity index (χ3n) is 3.15. The van der Waals surface area contributed by atoms with Crippen LogP contribution in [-0.4, -0.2) is 15.7 Å². The second kappa shape index (κ2) is 5.66. The van der Waals surface area contributed by atoms with Crippen molar-refractivity contribution in [2.75, 3.05) is 11.1 Å². The fraction of sp³-hybridized carbons (Fsp3) is 0.286. The van der Waals surface area contributed by atoms with Gasteiger partial charge in [0, 0.05) is 11.5 Å². The van der Waals surface area contributed by atoms with Crippen LogP contribution in [0.15, 0.2) is 22.7 Å². The van der Waals surface area contributed by atoms with E-state index in [2.05, 4.69) is 26.3 Å². The standard InChI is InChI=1S/C14H17BrN4O/c1-4-9-12(16)13(19(3)18-9)14(20)17-10-7-5-6-8(2)11(10)15/h5-7H,4,16H2,1-3H3,(H,17,20). The Bertz CT molecular complexity index is 663. The molecule has 0 saturated carbocycles.